The molecule has 0 aromatic carbocycles. The van der Waals surface area contributed by atoms with Gasteiger partial charge in [0.25, 0.3) is 0 Å². The van der Waals surface area contributed by atoms with Crippen molar-refractivity contribution in [2.24, 2.45) is 0 Å². The summed E-state index contributed by atoms with van der Waals surface area (Å²) in [5.41, 5.74) is 0.0323. The van der Waals surface area contributed by atoms with E-state index >= 15 is 0 Å². The molecule has 0 aliphatic carbocycles. The maximum atomic E-state index is 11.8. The van der Waals surface area contributed by atoms with Crippen LogP contribution >= 0.6 is 0 Å². The molecule has 0 fully saturated rings. The Morgan fingerprint density at radius 2 is 2.00 bits per heavy atom. The van der Waals surface area contributed by atoms with Gasteiger partial charge in [0.15, 0.2) is 0 Å². The van der Waals surface area contributed by atoms with Crippen molar-refractivity contribution < 1.29 is 9.53 Å². The first-order valence-corrected chi connectivity index (χ1v) is 6.48. The predicted molar refractivity (Wildman–Crippen MR) is 74.7 cm³/mol. The third-order valence-electron chi connectivity index (χ3n) is 3.27. The van der Waals surface area contributed by atoms with Crippen molar-refractivity contribution in [1.29, 1.82) is 0 Å². The van der Waals surface area contributed by atoms with Crippen LogP contribution in [0.2, 0.25) is 0 Å². The average molecular weight is 259 g/mol. The molecule has 0 rings (SSSR count). The van der Waals surface area contributed by atoms with E-state index in [0.717, 1.165) is 13.0 Å². The van der Waals surface area contributed by atoms with Crippen LogP contribution in [0.1, 0.15) is 27.2 Å². The number of methoxy groups -OCH3 is 1. The number of rotatable bonds is 9. The Morgan fingerprint density at radius 3 is 2.50 bits per heavy atom. The monoisotopic (exact) mass is 259 g/mol. The lowest BCUT2D eigenvalue weighted by molar-refractivity contribution is -0.122. The zero-order chi connectivity index (χ0) is 14.2. The Labute approximate surface area is 111 Å². The van der Waals surface area contributed by atoms with Crippen LogP contribution < -0.4 is 10.6 Å². The summed E-state index contributed by atoms with van der Waals surface area (Å²) in [6.45, 7) is 8.28. The number of amides is 1. The van der Waals surface area contributed by atoms with Crippen molar-refractivity contribution in [3.63, 3.8) is 0 Å². The topological polar surface area (TPSA) is 53.6 Å². The summed E-state index contributed by atoms with van der Waals surface area (Å²) in [5.74, 6) is 0.0423. The zero-order valence-electron chi connectivity index (χ0n) is 12.7. The first-order valence-electron chi connectivity index (χ1n) is 6.48. The molecular formula is C13H29N3O2. The van der Waals surface area contributed by atoms with E-state index in [1.54, 1.807) is 7.11 Å². The molecule has 0 aliphatic rings. The summed E-state index contributed by atoms with van der Waals surface area (Å²) >= 11 is 0. The van der Waals surface area contributed by atoms with E-state index in [9.17, 15) is 4.79 Å². The second-order valence-electron chi connectivity index (χ2n) is 5.45. The maximum absolute atomic E-state index is 11.8. The van der Waals surface area contributed by atoms with E-state index in [2.05, 4.69) is 29.4 Å². The van der Waals surface area contributed by atoms with Crippen molar-refractivity contribution in [3.05, 3.63) is 0 Å². The van der Waals surface area contributed by atoms with E-state index < -0.39 is 0 Å². The molecule has 0 bridgehead atoms. The van der Waals surface area contributed by atoms with Gasteiger partial charge >= 0.3 is 0 Å². The zero-order valence-corrected chi connectivity index (χ0v) is 12.7. The second kappa shape index (κ2) is 8.45. The normalized spacial score (nSPS) is 13.7. The molecule has 18 heavy (non-hydrogen) atoms. The van der Waals surface area contributed by atoms with Crippen LogP contribution in [0.25, 0.3) is 0 Å². The second-order valence-corrected chi connectivity index (χ2v) is 5.45. The van der Waals surface area contributed by atoms with Crippen LogP contribution in [0, 0.1) is 0 Å². The van der Waals surface area contributed by atoms with Crippen LogP contribution in [0.4, 0.5) is 0 Å². The minimum Gasteiger partial charge on any atom is -0.385 e. The van der Waals surface area contributed by atoms with Gasteiger partial charge in [0.1, 0.15) is 0 Å². The lowest BCUT2D eigenvalue weighted by Crippen LogP contribution is -2.52. The lowest BCUT2D eigenvalue weighted by Gasteiger charge is -2.33. The van der Waals surface area contributed by atoms with Gasteiger partial charge < -0.3 is 20.3 Å². The van der Waals surface area contributed by atoms with Gasteiger partial charge in [-0.1, -0.05) is 0 Å². The quantitative estimate of drug-likeness (QED) is 0.591. The summed E-state index contributed by atoms with van der Waals surface area (Å²) in [4.78, 5) is 13.9. The smallest absolute Gasteiger partial charge is 0.236 e. The summed E-state index contributed by atoms with van der Waals surface area (Å²) < 4.78 is 4.93. The van der Waals surface area contributed by atoms with Crippen molar-refractivity contribution in [3.8, 4) is 0 Å². The Kier molecular flexibility index (Phi) is 8.15. The SMILES string of the molecule is COCCCNC(=O)C(C)NCC(C)(C)N(C)C. The van der Waals surface area contributed by atoms with Crippen molar-refractivity contribution in [1.82, 2.24) is 15.5 Å². The van der Waals surface area contributed by atoms with Crippen LogP contribution in [-0.4, -0.2) is 63.3 Å². The molecule has 0 saturated heterocycles. The minimum atomic E-state index is -0.174. The highest BCUT2D eigenvalue weighted by Crippen LogP contribution is 2.08. The van der Waals surface area contributed by atoms with Gasteiger partial charge in [-0.15, -0.1) is 0 Å². The molecule has 1 unspecified atom stereocenters. The summed E-state index contributed by atoms with van der Waals surface area (Å²) in [7, 11) is 5.74. The highest BCUT2D eigenvalue weighted by Gasteiger charge is 2.22. The summed E-state index contributed by atoms with van der Waals surface area (Å²) in [6, 6.07) is -0.174. The van der Waals surface area contributed by atoms with E-state index in [0.29, 0.717) is 13.2 Å². The molecule has 0 spiro atoms. The molecule has 0 radical (unpaired) electrons. The third-order valence-corrected chi connectivity index (χ3v) is 3.27. The van der Waals surface area contributed by atoms with E-state index in [4.69, 9.17) is 4.74 Å². The highest BCUT2D eigenvalue weighted by atomic mass is 16.5. The molecule has 5 heteroatoms. The lowest BCUT2D eigenvalue weighted by atomic mass is 10.0. The molecule has 5 nitrogen and oxygen atoms in total. The summed E-state index contributed by atoms with van der Waals surface area (Å²) in [6.07, 6.45) is 0.845. The molecule has 1 amide bonds. The molecule has 0 saturated carbocycles. The Bertz CT molecular complexity index is 242. The Hall–Kier alpha value is -0.650. The average Bonchev–Trinajstić information content (AvgIpc) is 2.31. The van der Waals surface area contributed by atoms with Crippen molar-refractivity contribution in [2.75, 3.05) is 40.9 Å². The molecule has 2 N–H and O–H groups in total. The number of nitrogens with one attached hydrogen (secondary N) is 2. The van der Waals surface area contributed by atoms with Crippen molar-refractivity contribution >= 4 is 5.91 Å². The molecule has 0 aromatic heterocycles. The number of carbonyl (C=O) groups excluding carboxylic acids is 1. The van der Waals surface area contributed by atoms with Gasteiger partial charge in [0, 0.05) is 32.3 Å². The van der Waals surface area contributed by atoms with Crippen LogP contribution in [0.15, 0.2) is 0 Å². The Morgan fingerprint density at radius 1 is 1.39 bits per heavy atom. The number of carbonyl (C=O) groups is 1. The number of hydrogen-bond acceptors (Lipinski definition) is 4. The maximum Gasteiger partial charge on any atom is 0.236 e. The fourth-order valence-electron chi connectivity index (χ4n) is 1.23. The first-order chi connectivity index (χ1) is 8.31. The van der Waals surface area contributed by atoms with Gasteiger partial charge in [-0.2, -0.15) is 0 Å². The fourth-order valence-corrected chi connectivity index (χ4v) is 1.23. The standard InChI is InChI=1S/C13H29N3O2/c1-11(12(17)14-8-7-9-18-6)15-10-13(2,3)16(4)5/h11,15H,7-10H2,1-6H3,(H,14,17). The first kappa shape index (κ1) is 17.4. The van der Waals surface area contributed by atoms with Gasteiger partial charge in [0.2, 0.25) is 5.91 Å². The minimum absolute atomic E-state index is 0.0323. The van der Waals surface area contributed by atoms with Crippen molar-refractivity contribution in [2.45, 2.75) is 38.8 Å². The molecule has 0 aromatic rings. The van der Waals surface area contributed by atoms with Gasteiger partial charge in [-0.25, -0.2) is 0 Å². The fraction of sp³-hybridized carbons (Fsp3) is 0.923. The number of likely N-dealkylation sites (N-methyl/N-ethyl adjacent to an activating group) is 1. The number of nitrogens with zero attached hydrogens (tertiary/aromatic N) is 1. The number of hydrogen-bond donors (Lipinski definition) is 2. The Balaban J connectivity index is 3.87. The van der Waals surface area contributed by atoms with E-state index in [1.807, 2.05) is 21.0 Å². The molecule has 0 heterocycles. The largest absolute Gasteiger partial charge is 0.385 e. The van der Waals surface area contributed by atoms with Crippen LogP contribution in [-0.2, 0) is 9.53 Å². The van der Waals surface area contributed by atoms with Gasteiger partial charge in [0.05, 0.1) is 6.04 Å². The van der Waals surface area contributed by atoms with Crippen LogP contribution in [0.5, 0.6) is 0 Å². The highest BCUT2D eigenvalue weighted by molar-refractivity contribution is 5.81. The van der Waals surface area contributed by atoms with Gasteiger partial charge in [-0.3, -0.25) is 4.79 Å². The molecule has 1 atom stereocenters. The van der Waals surface area contributed by atoms with Crippen LogP contribution in [0.3, 0.4) is 0 Å². The van der Waals surface area contributed by atoms with Gasteiger partial charge in [-0.05, 0) is 41.3 Å². The predicted octanol–water partition coefficient (Wildman–Crippen LogP) is 0.457. The third kappa shape index (κ3) is 6.93. The van der Waals surface area contributed by atoms with E-state index in [-0.39, 0.29) is 17.5 Å². The molecular weight excluding hydrogens is 230 g/mol. The molecule has 0 aliphatic heterocycles. The number of ether oxygens (including phenoxy) is 1. The molecule has 108 valence electrons. The summed E-state index contributed by atoms with van der Waals surface area (Å²) in [5, 5.41) is 6.15. The van der Waals surface area contributed by atoms with E-state index in [1.165, 1.54) is 0 Å².